The summed E-state index contributed by atoms with van der Waals surface area (Å²) in [5.74, 6) is -1.15. The van der Waals surface area contributed by atoms with Crippen molar-refractivity contribution >= 4 is 27.7 Å². The third-order valence-electron chi connectivity index (χ3n) is 2.44. The van der Waals surface area contributed by atoms with Crippen molar-refractivity contribution in [2.45, 2.75) is 12.1 Å². The first-order chi connectivity index (χ1) is 8.95. The summed E-state index contributed by atoms with van der Waals surface area (Å²) in [5.41, 5.74) is 11.5. The fourth-order valence-corrected chi connectivity index (χ4v) is 1.93. The molecule has 7 heteroatoms. The van der Waals surface area contributed by atoms with E-state index in [4.69, 9.17) is 16.2 Å². The first-order valence-electron chi connectivity index (χ1n) is 5.55. The van der Waals surface area contributed by atoms with Crippen LogP contribution in [-0.2, 0) is 14.3 Å². The van der Waals surface area contributed by atoms with Crippen LogP contribution in [0.4, 0.5) is 0 Å². The lowest BCUT2D eigenvalue weighted by atomic mass is 10.1. The SMILES string of the molecule is COCC(N)C(=O)NC(C(N)=O)c1cccc(Br)c1. The summed E-state index contributed by atoms with van der Waals surface area (Å²) in [6.45, 7) is 0.0653. The Morgan fingerprint density at radius 2 is 2.16 bits per heavy atom. The maximum absolute atomic E-state index is 11.8. The molecule has 2 unspecified atom stereocenters. The van der Waals surface area contributed by atoms with Gasteiger partial charge >= 0.3 is 0 Å². The number of carbonyl (C=O) groups is 2. The van der Waals surface area contributed by atoms with Crippen molar-refractivity contribution in [1.29, 1.82) is 0 Å². The second kappa shape index (κ2) is 7.22. The average Bonchev–Trinajstić information content (AvgIpc) is 2.35. The third-order valence-corrected chi connectivity index (χ3v) is 2.93. The van der Waals surface area contributed by atoms with Crippen molar-refractivity contribution in [1.82, 2.24) is 5.32 Å². The van der Waals surface area contributed by atoms with Crippen molar-refractivity contribution in [3.8, 4) is 0 Å². The van der Waals surface area contributed by atoms with E-state index in [2.05, 4.69) is 21.2 Å². The topological polar surface area (TPSA) is 107 Å². The number of halogens is 1. The molecular formula is C12H16BrN3O3. The Hall–Kier alpha value is -1.44. The lowest BCUT2D eigenvalue weighted by Crippen LogP contribution is -2.47. The molecule has 104 valence electrons. The van der Waals surface area contributed by atoms with Crippen LogP contribution in [0, 0.1) is 0 Å². The first kappa shape index (κ1) is 15.6. The standard InChI is InChI=1S/C12H16BrN3O3/c1-19-6-9(14)12(18)16-10(11(15)17)7-3-2-4-8(13)5-7/h2-5,9-10H,6,14H2,1H3,(H2,15,17)(H,16,18). The Kier molecular flexibility index (Phi) is 5.94. The summed E-state index contributed by atoms with van der Waals surface area (Å²) in [7, 11) is 1.44. The van der Waals surface area contributed by atoms with E-state index in [1.54, 1.807) is 24.3 Å². The predicted octanol–water partition coefficient (Wildman–Crippen LogP) is 0.0654. The smallest absolute Gasteiger partial charge is 0.244 e. The molecule has 0 saturated heterocycles. The summed E-state index contributed by atoms with van der Waals surface area (Å²) >= 11 is 3.29. The van der Waals surface area contributed by atoms with Crippen molar-refractivity contribution in [2.75, 3.05) is 13.7 Å². The van der Waals surface area contributed by atoms with Crippen LogP contribution in [0.15, 0.2) is 28.7 Å². The number of amides is 2. The molecule has 0 fully saturated rings. The van der Waals surface area contributed by atoms with Gasteiger partial charge in [0, 0.05) is 11.6 Å². The molecule has 0 aliphatic carbocycles. The van der Waals surface area contributed by atoms with Crippen LogP contribution in [-0.4, -0.2) is 31.6 Å². The Labute approximate surface area is 119 Å². The van der Waals surface area contributed by atoms with Crippen LogP contribution in [0.5, 0.6) is 0 Å². The fraction of sp³-hybridized carbons (Fsp3) is 0.333. The maximum atomic E-state index is 11.8. The van der Waals surface area contributed by atoms with Crippen LogP contribution >= 0.6 is 15.9 Å². The number of ether oxygens (including phenoxy) is 1. The molecule has 1 rings (SSSR count). The number of hydrogen-bond donors (Lipinski definition) is 3. The van der Waals surface area contributed by atoms with Crippen LogP contribution < -0.4 is 16.8 Å². The largest absolute Gasteiger partial charge is 0.383 e. The van der Waals surface area contributed by atoms with Gasteiger partial charge < -0.3 is 21.5 Å². The van der Waals surface area contributed by atoms with Gasteiger partial charge in [-0.05, 0) is 17.7 Å². The third kappa shape index (κ3) is 4.62. The van der Waals surface area contributed by atoms with Crippen molar-refractivity contribution in [3.05, 3.63) is 34.3 Å². The van der Waals surface area contributed by atoms with Gasteiger partial charge in [0.25, 0.3) is 0 Å². The highest BCUT2D eigenvalue weighted by atomic mass is 79.9. The van der Waals surface area contributed by atoms with Gasteiger partial charge in [-0.3, -0.25) is 9.59 Å². The molecule has 0 aliphatic heterocycles. The molecule has 0 bridgehead atoms. The number of nitrogens with one attached hydrogen (secondary N) is 1. The maximum Gasteiger partial charge on any atom is 0.244 e. The van der Waals surface area contributed by atoms with Crippen molar-refractivity contribution in [2.24, 2.45) is 11.5 Å². The molecule has 0 spiro atoms. The lowest BCUT2D eigenvalue weighted by molar-refractivity contribution is -0.129. The average molecular weight is 330 g/mol. The molecule has 0 heterocycles. The Balaban J connectivity index is 2.85. The lowest BCUT2D eigenvalue weighted by Gasteiger charge is -2.18. The monoisotopic (exact) mass is 329 g/mol. The van der Waals surface area contributed by atoms with Crippen molar-refractivity contribution < 1.29 is 14.3 Å². The molecule has 1 aromatic carbocycles. The molecule has 2 amide bonds. The number of methoxy groups -OCH3 is 1. The second-order valence-corrected chi connectivity index (χ2v) is 4.88. The molecule has 2 atom stereocenters. The second-order valence-electron chi connectivity index (χ2n) is 3.96. The van der Waals surface area contributed by atoms with Gasteiger partial charge in [-0.15, -0.1) is 0 Å². The zero-order valence-corrected chi connectivity index (χ0v) is 12.0. The van der Waals surface area contributed by atoms with E-state index in [0.717, 1.165) is 4.47 Å². The Morgan fingerprint density at radius 1 is 1.47 bits per heavy atom. The van der Waals surface area contributed by atoms with Gasteiger partial charge in [0.2, 0.25) is 11.8 Å². The minimum Gasteiger partial charge on any atom is -0.383 e. The minimum atomic E-state index is -0.923. The zero-order chi connectivity index (χ0) is 14.4. The van der Waals surface area contributed by atoms with Crippen LogP contribution in [0.1, 0.15) is 11.6 Å². The van der Waals surface area contributed by atoms with E-state index in [-0.39, 0.29) is 6.61 Å². The number of carbonyl (C=O) groups excluding carboxylic acids is 2. The molecule has 0 aliphatic rings. The molecule has 5 N–H and O–H groups in total. The zero-order valence-electron chi connectivity index (χ0n) is 10.4. The predicted molar refractivity (Wildman–Crippen MR) is 74.1 cm³/mol. The Bertz CT molecular complexity index is 467. The van der Waals surface area contributed by atoms with E-state index < -0.39 is 23.9 Å². The van der Waals surface area contributed by atoms with E-state index in [1.165, 1.54) is 7.11 Å². The van der Waals surface area contributed by atoms with Gasteiger partial charge in [-0.25, -0.2) is 0 Å². The summed E-state index contributed by atoms with van der Waals surface area (Å²) in [5, 5.41) is 2.51. The van der Waals surface area contributed by atoms with Crippen LogP contribution in [0.2, 0.25) is 0 Å². The first-order valence-corrected chi connectivity index (χ1v) is 6.34. The van der Waals surface area contributed by atoms with Gasteiger partial charge in [0.05, 0.1) is 6.61 Å². The van der Waals surface area contributed by atoms with E-state index in [9.17, 15) is 9.59 Å². The molecule has 19 heavy (non-hydrogen) atoms. The van der Waals surface area contributed by atoms with Crippen LogP contribution in [0.3, 0.4) is 0 Å². The minimum absolute atomic E-state index is 0.0653. The van der Waals surface area contributed by atoms with Gasteiger partial charge in [0.1, 0.15) is 12.1 Å². The van der Waals surface area contributed by atoms with Gasteiger partial charge in [-0.1, -0.05) is 28.1 Å². The van der Waals surface area contributed by atoms with Crippen LogP contribution in [0.25, 0.3) is 0 Å². The summed E-state index contributed by atoms with van der Waals surface area (Å²) < 4.78 is 5.57. The normalized spacial score (nSPS) is 13.6. The summed E-state index contributed by atoms with van der Waals surface area (Å²) in [4.78, 5) is 23.2. The highest BCUT2D eigenvalue weighted by molar-refractivity contribution is 9.10. The number of nitrogens with two attached hydrogens (primary N) is 2. The van der Waals surface area contributed by atoms with E-state index in [0.29, 0.717) is 5.56 Å². The molecular weight excluding hydrogens is 314 g/mol. The van der Waals surface area contributed by atoms with Gasteiger partial charge in [-0.2, -0.15) is 0 Å². The number of primary amides is 1. The Morgan fingerprint density at radius 3 is 2.68 bits per heavy atom. The fourth-order valence-electron chi connectivity index (χ4n) is 1.51. The summed E-state index contributed by atoms with van der Waals surface area (Å²) in [6.07, 6.45) is 0. The van der Waals surface area contributed by atoms with E-state index in [1.807, 2.05) is 0 Å². The van der Waals surface area contributed by atoms with Gasteiger partial charge in [0.15, 0.2) is 0 Å². The van der Waals surface area contributed by atoms with E-state index >= 15 is 0 Å². The number of rotatable bonds is 6. The number of hydrogen-bond acceptors (Lipinski definition) is 4. The molecule has 0 saturated carbocycles. The number of benzene rings is 1. The van der Waals surface area contributed by atoms with Crippen molar-refractivity contribution in [3.63, 3.8) is 0 Å². The highest BCUT2D eigenvalue weighted by Gasteiger charge is 2.23. The quantitative estimate of drug-likeness (QED) is 0.686. The molecule has 0 aromatic heterocycles. The molecule has 0 radical (unpaired) electrons. The molecule has 6 nitrogen and oxygen atoms in total. The highest BCUT2D eigenvalue weighted by Crippen LogP contribution is 2.18. The molecule has 1 aromatic rings. The summed E-state index contributed by atoms with van der Waals surface area (Å²) in [6, 6.07) is 5.18.